The Balaban J connectivity index is 4.88. The van der Waals surface area contributed by atoms with Crippen molar-refractivity contribution in [1.29, 1.82) is 0 Å². The van der Waals surface area contributed by atoms with E-state index in [1.165, 1.54) is 0 Å². The summed E-state index contributed by atoms with van der Waals surface area (Å²) in [4.78, 5) is 15.5. The van der Waals surface area contributed by atoms with Crippen molar-refractivity contribution in [3.63, 3.8) is 0 Å². The Kier molecular flexibility index (Phi) is 5.88. The fraction of sp³-hybridized carbons (Fsp3) is 0.714. The molecule has 0 saturated carbocycles. The Morgan fingerprint density at radius 2 is 1.68 bits per heavy atom. The van der Waals surface area contributed by atoms with Gasteiger partial charge in [-0.2, -0.15) is 0 Å². The van der Waals surface area contributed by atoms with E-state index in [4.69, 9.17) is 15.9 Å². The van der Waals surface area contributed by atoms with Gasteiger partial charge in [0.1, 0.15) is 11.7 Å². The third-order valence-corrected chi connectivity index (χ3v) is 1.64. The highest BCUT2D eigenvalue weighted by Crippen LogP contribution is 2.12. The van der Waals surface area contributed by atoms with Crippen molar-refractivity contribution >= 4 is 12.1 Å². The molecule has 0 aromatic heterocycles. The zero-order valence-corrected chi connectivity index (χ0v) is 12.4. The van der Waals surface area contributed by atoms with E-state index in [1.54, 1.807) is 41.5 Å². The number of carbonyl (C=O) groups excluding carboxylic acids is 1. The summed E-state index contributed by atoms with van der Waals surface area (Å²) >= 11 is 0. The van der Waals surface area contributed by atoms with Crippen molar-refractivity contribution < 1.29 is 19.4 Å². The minimum atomic E-state index is -1.03. The first-order valence-electron chi connectivity index (χ1n) is 6.05. The van der Waals surface area contributed by atoms with Gasteiger partial charge >= 0.3 is 5.97 Å². The van der Waals surface area contributed by atoms with Gasteiger partial charge in [0.2, 0.25) is 0 Å². The number of aliphatic imine (C=N–C) groups is 1. The zero-order chi connectivity index (χ0) is 15.3. The largest absolute Gasteiger partial charge is 0.595 e. The molecular weight excluding hydrogens is 246 g/mol. The van der Waals surface area contributed by atoms with Crippen LogP contribution in [0.1, 0.15) is 48.0 Å². The van der Waals surface area contributed by atoms with Gasteiger partial charge in [0.15, 0.2) is 6.04 Å². The summed E-state index contributed by atoms with van der Waals surface area (Å²) in [5.41, 5.74) is -1.33. The van der Waals surface area contributed by atoms with Crippen LogP contribution >= 0.6 is 0 Å². The van der Waals surface area contributed by atoms with Crippen molar-refractivity contribution in [3.8, 4) is 12.3 Å². The molecule has 0 aromatic rings. The highest BCUT2D eigenvalue weighted by Gasteiger charge is 2.24. The van der Waals surface area contributed by atoms with E-state index in [-0.39, 0.29) is 6.42 Å². The number of carbonyl (C=O) groups is 1. The first-order chi connectivity index (χ1) is 8.44. The van der Waals surface area contributed by atoms with Crippen LogP contribution in [0.15, 0.2) is 4.99 Å². The lowest BCUT2D eigenvalue weighted by Crippen LogP contribution is -2.36. The molecule has 0 aliphatic heterocycles. The van der Waals surface area contributed by atoms with Crippen LogP contribution in [-0.4, -0.2) is 29.3 Å². The zero-order valence-electron chi connectivity index (χ0n) is 12.4. The van der Waals surface area contributed by atoms with Crippen molar-refractivity contribution in [3.05, 3.63) is 0 Å². The number of hydrogen-bond acceptors (Lipinski definition) is 5. The molecule has 0 radical (unpaired) electrons. The fourth-order valence-corrected chi connectivity index (χ4v) is 1.08. The van der Waals surface area contributed by atoms with E-state index in [0.29, 0.717) is 0 Å². The molecular formula is C14H22NO4-. The van der Waals surface area contributed by atoms with E-state index in [0.717, 1.165) is 0 Å². The Morgan fingerprint density at radius 3 is 2.05 bits per heavy atom. The van der Waals surface area contributed by atoms with Gasteiger partial charge in [-0.05, 0) is 20.8 Å². The van der Waals surface area contributed by atoms with Gasteiger partial charge in [0, 0.05) is 12.0 Å². The van der Waals surface area contributed by atoms with Crippen molar-refractivity contribution in [2.45, 2.75) is 65.2 Å². The fourth-order valence-electron chi connectivity index (χ4n) is 1.08. The first-order valence-corrected chi connectivity index (χ1v) is 6.05. The van der Waals surface area contributed by atoms with Gasteiger partial charge in [0.25, 0.3) is 0 Å². The second-order valence-corrected chi connectivity index (χ2v) is 6.07. The van der Waals surface area contributed by atoms with Crippen LogP contribution in [0.4, 0.5) is 0 Å². The third-order valence-electron chi connectivity index (χ3n) is 1.64. The lowest BCUT2D eigenvalue weighted by atomic mass is 10.1. The maximum atomic E-state index is 11.8. The molecule has 0 aliphatic rings. The summed E-state index contributed by atoms with van der Waals surface area (Å²) in [5, 5.41) is 11.5. The average Bonchev–Trinajstić information content (AvgIpc) is 2.10. The number of ether oxygens (including phenoxy) is 2. The van der Waals surface area contributed by atoms with E-state index in [9.17, 15) is 9.90 Å². The summed E-state index contributed by atoms with van der Waals surface area (Å²) in [6.45, 7) is 10.3. The number of terminal acetylenes is 1. The van der Waals surface area contributed by atoms with E-state index >= 15 is 0 Å². The highest BCUT2D eigenvalue weighted by atomic mass is 16.6. The Bertz CT molecular complexity index is 380. The Hall–Kier alpha value is -1.70. The van der Waals surface area contributed by atoms with Gasteiger partial charge in [-0.1, -0.05) is 20.8 Å². The summed E-state index contributed by atoms with van der Waals surface area (Å²) in [6, 6.07) is -1.03. The molecule has 0 N–H and O–H groups in total. The quantitative estimate of drug-likeness (QED) is 0.334. The smallest absolute Gasteiger partial charge is 0.332 e. The topological polar surface area (TPSA) is 71.0 Å². The van der Waals surface area contributed by atoms with E-state index in [2.05, 4.69) is 10.9 Å². The Labute approximate surface area is 115 Å². The van der Waals surface area contributed by atoms with Crippen molar-refractivity contribution in [2.24, 2.45) is 4.99 Å². The molecule has 0 aromatic carbocycles. The highest BCUT2D eigenvalue weighted by molar-refractivity contribution is 5.79. The van der Waals surface area contributed by atoms with Crippen molar-refractivity contribution in [1.82, 2.24) is 0 Å². The van der Waals surface area contributed by atoms with Gasteiger partial charge in [0.05, 0.1) is 0 Å². The van der Waals surface area contributed by atoms with Crippen LogP contribution < -0.4 is 5.11 Å². The normalized spacial score (nSPS) is 14.5. The first kappa shape index (κ1) is 17.3. The monoisotopic (exact) mass is 268 g/mol. The molecule has 0 amide bonds. The summed E-state index contributed by atoms with van der Waals surface area (Å²) in [6.07, 6.45) is 4.34. The molecule has 108 valence electrons. The minimum absolute atomic E-state index is 0.00580. The molecule has 1 unspecified atom stereocenters. The van der Waals surface area contributed by atoms with Crippen LogP contribution in [0.2, 0.25) is 0 Å². The molecule has 1 atom stereocenters. The standard InChI is InChI=1S/C14H23NO4/c1-8-9-10(11(16)18-13(2,3)4)15-12(17)19-14(5,6)7/h1,10H,9H2,2-7H3,(H,15,17)/p-1. The summed E-state index contributed by atoms with van der Waals surface area (Å²) in [5.74, 6) is 1.67. The van der Waals surface area contributed by atoms with Gasteiger partial charge in [-0.25, -0.2) is 4.79 Å². The molecule has 0 fully saturated rings. The molecule has 0 heterocycles. The predicted molar refractivity (Wildman–Crippen MR) is 71.4 cm³/mol. The van der Waals surface area contributed by atoms with Crippen LogP contribution in [0.3, 0.4) is 0 Å². The number of nitrogens with zero attached hydrogens (tertiary/aromatic N) is 1. The van der Waals surface area contributed by atoms with Crippen LogP contribution in [0.5, 0.6) is 0 Å². The number of rotatable bonds is 3. The summed E-state index contributed by atoms with van der Waals surface area (Å²) in [7, 11) is 0. The third kappa shape index (κ3) is 8.95. The molecule has 0 bridgehead atoms. The minimum Gasteiger partial charge on any atom is -0.595 e. The Morgan fingerprint density at radius 1 is 1.21 bits per heavy atom. The molecule has 0 aliphatic carbocycles. The molecule has 5 heteroatoms. The SMILES string of the molecule is C#CCC(N=C([O-])OC(C)(C)C)C(=O)OC(C)(C)C. The maximum Gasteiger partial charge on any atom is 0.332 e. The lowest BCUT2D eigenvalue weighted by Gasteiger charge is -2.30. The van der Waals surface area contributed by atoms with Gasteiger partial charge in [-0.15, -0.1) is 12.3 Å². The second kappa shape index (κ2) is 6.46. The average molecular weight is 268 g/mol. The number of esters is 1. The summed E-state index contributed by atoms with van der Waals surface area (Å²) < 4.78 is 10.2. The molecule has 0 saturated heterocycles. The molecule has 0 rings (SSSR count). The van der Waals surface area contributed by atoms with Crippen LogP contribution in [-0.2, 0) is 14.3 Å². The van der Waals surface area contributed by atoms with E-state index < -0.39 is 29.3 Å². The van der Waals surface area contributed by atoms with E-state index in [1.807, 2.05) is 0 Å². The maximum absolute atomic E-state index is 11.8. The molecule has 19 heavy (non-hydrogen) atoms. The van der Waals surface area contributed by atoms with Crippen LogP contribution in [0.25, 0.3) is 0 Å². The predicted octanol–water partition coefficient (Wildman–Crippen LogP) is 1.25. The number of hydrogen-bond donors (Lipinski definition) is 0. The lowest BCUT2D eigenvalue weighted by molar-refractivity contribution is -0.261. The molecule has 5 nitrogen and oxygen atoms in total. The second-order valence-electron chi connectivity index (χ2n) is 6.07. The van der Waals surface area contributed by atoms with Crippen LogP contribution in [0, 0.1) is 12.3 Å². The van der Waals surface area contributed by atoms with Crippen molar-refractivity contribution in [2.75, 3.05) is 0 Å². The molecule has 0 spiro atoms. The van der Waals surface area contributed by atoms with Gasteiger partial charge < -0.3 is 14.6 Å². The van der Waals surface area contributed by atoms with Gasteiger partial charge in [-0.3, -0.25) is 4.99 Å².